The van der Waals surface area contributed by atoms with E-state index in [0.29, 0.717) is 17.3 Å². The molecule has 0 amide bonds. The maximum Gasteiger partial charge on any atom is 0.0130 e. The zero-order chi connectivity index (χ0) is 36.6. The first-order valence-corrected chi connectivity index (χ1v) is 19.2. The molecule has 0 spiro atoms. The average Bonchev–Trinajstić information content (AvgIpc) is 2.86. The van der Waals surface area contributed by atoms with E-state index in [1.54, 1.807) is 0 Å². The molecule has 2 atom stereocenters. The number of nitrogens with zero attached hydrogens (tertiary/aromatic N) is 2. The van der Waals surface area contributed by atoms with E-state index in [4.69, 9.17) is 43.9 Å². The summed E-state index contributed by atoms with van der Waals surface area (Å²) in [6.45, 7) is 42.8. The van der Waals surface area contributed by atoms with Crippen LogP contribution >= 0.6 is 0 Å². The number of unbranched alkanes of at least 4 members (excludes halogenated alkanes) is 2. The van der Waals surface area contributed by atoms with Gasteiger partial charge < -0.3 is 61.1 Å². The van der Waals surface area contributed by atoms with Crippen molar-refractivity contribution in [3.05, 3.63) is 0 Å². The molecular weight excluding hydrogens is 809 g/mol. The van der Waals surface area contributed by atoms with Crippen LogP contribution in [-0.2, 0) is 32.5 Å². The van der Waals surface area contributed by atoms with E-state index in [2.05, 4.69) is 129 Å². The first-order chi connectivity index (χ1) is 20.7. The molecule has 0 aliphatic carbocycles. The molecule has 0 aromatic heterocycles. The Hall–Kier alpha value is 1.96. The van der Waals surface area contributed by atoms with Gasteiger partial charge in [-0.2, -0.15) is 0 Å². The molecule has 0 aromatic carbocycles. The number of hydrogen-bond acceptors (Lipinski definition) is 6. The quantitative estimate of drug-likeness (QED) is 0.0744. The van der Waals surface area contributed by atoms with Crippen LogP contribution in [0.15, 0.2) is 0 Å². The molecule has 50 heavy (non-hydrogen) atoms. The number of halogens is 4. The number of hydrogen-bond donors (Lipinski definition) is 4. The van der Waals surface area contributed by atoms with Crippen molar-refractivity contribution in [2.24, 2.45) is 34.1 Å². The largest absolute Gasteiger partial charge is 1.00 e. The van der Waals surface area contributed by atoms with Crippen molar-refractivity contribution in [3.8, 4) is 0 Å². The van der Waals surface area contributed by atoms with Gasteiger partial charge in [-0.25, -0.2) is 0 Å². The van der Waals surface area contributed by atoms with Gasteiger partial charge in [0.2, 0.25) is 0 Å². The Balaban J connectivity index is -0.000000180. The Labute approximate surface area is 355 Å². The van der Waals surface area contributed by atoms with E-state index in [9.17, 15) is 0 Å². The predicted molar refractivity (Wildman–Crippen MR) is 198 cm³/mol. The molecule has 0 rings (SSSR count). The summed E-state index contributed by atoms with van der Waals surface area (Å²) in [6.07, 6.45) is 9.57. The molecular formula is C38H84Cl4Cu2N6. The van der Waals surface area contributed by atoms with Gasteiger partial charge >= 0.3 is 169 Å². The Morgan fingerprint density at radius 2 is 0.840 bits per heavy atom. The van der Waals surface area contributed by atoms with Gasteiger partial charge in [0.15, 0.2) is 0 Å². The fourth-order valence-electron chi connectivity index (χ4n) is 7.55. The molecule has 0 saturated heterocycles. The van der Waals surface area contributed by atoms with Crippen molar-refractivity contribution in [2.75, 3.05) is 39.3 Å². The molecule has 2 unspecified atom stereocenters. The molecule has 0 radical (unpaired) electrons. The summed E-state index contributed by atoms with van der Waals surface area (Å²) in [5.41, 5.74) is 13.1. The van der Waals surface area contributed by atoms with Crippen LogP contribution in [-0.4, -0.2) is 71.2 Å². The average molecular weight is 894 g/mol. The maximum atomic E-state index is 5.95. The summed E-state index contributed by atoms with van der Waals surface area (Å²) in [7, 11) is 0. The summed E-state index contributed by atoms with van der Waals surface area (Å²) in [5.74, 6) is 1.09. The van der Waals surface area contributed by atoms with Gasteiger partial charge in [0.1, 0.15) is 0 Å². The molecule has 0 aliphatic rings. The molecule has 12 heteroatoms. The Bertz CT molecular complexity index is 751. The van der Waals surface area contributed by atoms with Crippen molar-refractivity contribution >= 4 is 0 Å². The van der Waals surface area contributed by atoms with Gasteiger partial charge in [0, 0.05) is 11.1 Å². The Morgan fingerprint density at radius 3 is 1.10 bits per heavy atom. The smallest absolute Gasteiger partial charge is 0.0130 e. The Morgan fingerprint density at radius 1 is 0.500 bits per heavy atom. The zero-order valence-corrected chi connectivity index (χ0v) is 40.1. The summed E-state index contributed by atoms with van der Waals surface area (Å²) >= 11 is 10.2. The second-order valence-electron chi connectivity index (χ2n) is 19.0. The van der Waals surface area contributed by atoms with E-state index in [0.717, 1.165) is 52.1 Å². The predicted octanol–water partition coefficient (Wildman–Crippen LogP) is -3.79. The zero-order valence-electron chi connectivity index (χ0n) is 35.2. The Kier molecular flexibility index (Phi) is 37.4. The normalized spacial score (nSPS) is 14.1. The second kappa shape index (κ2) is 29.2. The van der Waals surface area contributed by atoms with Crippen LogP contribution in [0.2, 0.25) is 0 Å². The van der Waals surface area contributed by atoms with E-state index < -0.39 is 0 Å². The molecule has 0 aromatic rings. The van der Waals surface area contributed by atoms with Crippen molar-refractivity contribution in [2.45, 2.75) is 184 Å². The van der Waals surface area contributed by atoms with Crippen LogP contribution in [0.25, 0.3) is 0 Å². The van der Waals surface area contributed by atoms with E-state index in [1.165, 1.54) is 38.5 Å². The topological polar surface area (TPSA) is 82.6 Å². The van der Waals surface area contributed by atoms with Crippen molar-refractivity contribution in [1.29, 1.82) is 0 Å². The van der Waals surface area contributed by atoms with E-state index in [-0.39, 0.29) is 77.2 Å². The van der Waals surface area contributed by atoms with Crippen LogP contribution < -0.4 is 69.8 Å². The van der Waals surface area contributed by atoms with Gasteiger partial charge in [0.25, 0.3) is 0 Å². The molecule has 0 saturated carbocycles. The monoisotopic (exact) mass is 890 g/mol. The SMILES string of the molecule is CC(C)(CCCCN(C(C)(C)C)C(C)(C)C)C(CC[NH][Cu+2])C[NH][Cu+2].CC(C)(CCCCN(C(C)(C)C)C(C)(C)C)C(CN)CCN.[Cl-].[Cl-].[Cl-].[Cl-]. The maximum absolute atomic E-state index is 5.95. The van der Waals surface area contributed by atoms with Gasteiger partial charge in [-0.1, -0.05) is 20.3 Å². The molecule has 316 valence electrons. The molecule has 6 nitrogen and oxygen atoms in total. The summed E-state index contributed by atoms with van der Waals surface area (Å²) in [4.78, 5) is 5.24. The summed E-state index contributed by atoms with van der Waals surface area (Å²) in [5, 5.41) is 0. The standard InChI is InChI=1S/C19H43N3.C19H41N3.4ClH.2Cu/c2*1-17(2,3)22(18(4,5)6)14-10-9-12-19(7,8)16(15-21)11-13-20;;;;;;/h16H,9-15,20-21H2,1-8H3;16,20-21H,9-15H2,1-8H3;4*1H;;/q;-2;;;;;2*+3/p-4. The third-order valence-electron chi connectivity index (χ3n) is 10.0. The van der Waals surface area contributed by atoms with Crippen molar-refractivity contribution in [3.63, 3.8) is 0 Å². The molecule has 6 N–H and O–H groups in total. The first kappa shape index (κ1) is 63.9. The van der Waals surface area contributed by atoms with Crippen LogP contribution in [0.3, 0.4) is 0 Å². The molecule has 0 aliphatic heterocycles. The van der Waals surface area contributed by atoms with E-state index >= 15 is 0 Å². The number of rotatable bonds is 20. The fraction of sp³-hybridized carbons (Fsp3) is 1.00. The van der Waals surface area contributed by atoms with Crippen LogP contribution in [0.4, 0.5) is 0 Å². The number of nitrogens with two attached hydrogens (primary N) is 2. The van der Waals surface area contributed by atoms with Crippen LogP contribution in [0.1, 0.15) is 162 Å². The van der Waals surface area contributed by atoms with Crippen LogP contribution in [0.5, 0.6) is 0 Å². The minimum Gasteiger partial charge on any atom is -1.00 e. The van der Waals surface area contributed by atoms with Crippen LogP contribution in [0, 0.1) is 22.7 Å². The third-order valence-corrected chi connectivity index (χ3v) is 10.5. The van der Waals surface area contributed by atoms with E-state index in [1.807, 2.05) is 0 Å². The van der Waals surface area contributed by atoms with Crippen molar-refractivity contribution in [1.82, 2.24) is 18.5 Å². The van der Waals surface area contributed by atoms with Gasteiger partial charge in [0.05, 0.1) is 0 Å². The summed E-state index contributed by atoms with van der Waals surface area (Å²) in [6, 6.07) is 0. The van der Waals surface area contributed by atoms with Gasteiger partial charge in [-0.15, -0.1) is 0 Å². The minimum atomic E-state index is 0. The number of nitrogens with one attached hydrogen (secondary N) is 2. The summed E-state index contributed by atoms with van der Waals surface area (Å²) < 4.78 is 5.76. The molecule has 0 bridgehead atoms. The van der Waals surface area contributed by atoms with Gasteiger partial charge in [-0.3, -0.25) is 4.90 Å². The third kappa shape index (κ3) is 27.5. The van der Waals surface area contributed by atoms with Gasteiger partial charge in [-0.05, 0) is 91.8 Å². The minimum absolute atomic E-state index is 0. The van der Waals surface area contributed by atoms with Crippen molar-refractivity contribution < 1.29 is 82.1 Å². The second-order valence-corrected chi connectivity index (χ2v) is 19.7. The fourth-order valence-corrected chi connectivity index (χ4v) is 7.92. The molecule has 0 heterocycles. The first-order valence-electron chi connectivity index (χ1n) is 18.3. The molecule has 0 fully saturated rings.